The Kier molecular flexibility index (Phi) is 5.12. The fourth-order valence-electron chi connectivity index (χ4n) is 2.98. The van der Waals surface area contributed by atoms with Crippen LogP contribution in [0.1, 0.15) is 44.2 Å². The van der Waals surface area contributed by atoms with Crippen molar-refractivity contribution in [1.82, 2.24) is 0 Å². The summed E-state index contributed by atoms with van der Waals surface area (Å²) in [5, 5.41) is 0. The van der Waals surface area contributed by atoms with E-state index in [2.05, 4.69) is 45.0 Å². The molecular formula is C20H26O2. The van der Waals surface area contributed by atoms with Crippen LogP contribution in [0.4, 0.5) is 0 Å². The second-order valence-corrected chi connectivity index (χ2v) is 6.49. The molecule has 0 saturated heterocycles. The molecule has 0 saturated carbocycles. The average molecular weight is 298 g/mol. The maximum Gasteiger partial charge on any atom is 0.118 e. The molecule has 0 aliphatic rings. The van der Waals surface area contributed by atoms with Crippen LogP contribution in [-0.2, 0) is 5.41 Å². The lowest BCUT2D eigenvalue weighted by atomic mass is 9.76. The highest BCUT2D eigenvalue weighted by atomic mass is 16.5. The van der Waals surface area contributed by atoms with E-state index < -0.39 is 0 Å². The van der Waals surface area contributed by atoms with Gasteiger partial charge in [-0.15, -0.1) is 0 Å². The number of benzene rings is 2. The zero-order valence-corrected chi connectivity index (χ0v) is 14.2. The first-order chi connectivity index (χ1) is 10.5. The first kappa shape index (κ1) is 16.4. The van der Waals surface area contributed by atoms with Crippen molar-refractivity contribution >= 4 is 0 Å². The van der Waals surface area contributed by atoms with Crippen molar-refractivity contribution in [2.75, 3.05) is 14.2 Å². The molecule has 1 unspecified atom stereocenters. The third kappa shape index (κ3) is 3.82. The summed E-state index contributed by atoms with van der Waals surface area (Å²) in [7, 11) is 3.40. The van der Waals surface area contributed by atoms with Crippen LogP contribution in [-0.4, -0.2) is 14.2 Å². The minimum atomic E-state index is 0.117. The molecule has 2 heteroatoms. The van der Waals surface area contributed by atoms with Gasteiger partial charge in [-0.05, 0) is 53.1 Å². The summed E-state index contributed by atoms with van der Waals surface area (Å²) in [6.45, 7) is 6.89. The normalized spacial score (nSPS) is 12.8. The zero-order chi connectivity index (χ0) is 16.2. The quantitative estimate of drug-likeness (QED) is 0.732. The van der Waals surface area contributed by atoms with E-state index in [-0.39, 0.29) is 5.41 Å². The van der Waals surface area contributed by atoms with Gasteiger partial charge in [-0.25, -0.2) is 0 Å². The average Bonchev–Trinajstić information content (AvgIpc) is 2.54. The maximum absolute atomic E-state index is 5.24. The van der Waals surface area contributed by atoms with Gasteiger partial charge in [0.1, 0.15) is 11.5 Å². The highest BCUT2D eigenvalue weighted by Crippen LogP contribution is 2.35. The molecule has 118 valence electrons. The summed E-state index contributed by atoms with van der Waals surface area (Å²) in [5.74, 6) is 2.30. The first-order valence-electron chi connectivity index (χ1n) is 7.75. The fourth-order valence-corrected chi connectivity index (χ4v) is 2.98. The molecule has 1 atom stereocenters. The Morgan fingerprint density at radius 1 is 0.818 bits per heavy atom. The molecule has 2 aromatic carbocycles. The van der Waals surface area contributed by atoms with Gasteiger partial charge in [0, 0.05) is 0 Å². The fraction of sp³-hybridized carbons (Fsp3) is 0.400. The van der Waals surface area contributed by atoms with Crippen LogP contribution >= 0.6 is 0 Å². The Labute approximate surface area is 134 Å². The molecule has 0 N–H and O–H groups in total. The largest absolute Gasteiger partial charge is 0.497 e. The topological polar surface area (TPSA) is 18.5 Å². The third-order valence-corrected chi connectivity index (χ3v) is 4.37. The third-order valence-electron chi connectivity index (χ3n) is 4.37. The zero-order valence-electron chi connectivity index (χ0n) is 14.2. The van der Waals surface area contributed by atoms with E-state index in [1.54, 1.807) is 14.2 Å². The summed E-state index contributed by atoms with van der Waals surface area (Å²) in [6.07, 6.45) is 1.09. The Morgan fingerprint density at radius 3 is 1.73 bits per heavy atom. The summed E-state index contributed by atoms with van der Waals surface area (Å²) in [5.41, 5.74) is 2.81. The first-order valence-corrected chi connectivity index (χ1v) is 7.75. The molecule has 0 aliphatic heterocycles. The van der Waals surface area contributed by atoms with Crippen molar-refractivity contribution < 1.29 is 9.47 Å². The Bertz CT molecular complexity index is 582. The minimum Gasteiger partial charge on any atom is -0.497 e. The van der Waals surface area contributed by atoms with Crippen molar-refractivity contribution in [2.24, 2.45) is 0 Å². The monoisotopic (exact) mass is 298 g/mol. The van der Waals surface area contributed by atoms with Gasteiger partial charge in [-0.3, -0.25) is 0 Å². The van der Waals surface area contributed by atoms with E-state index in [9.17, 15) is 0 Å². The molecule has 0 aromatic heterocycles. The van der Waals surface area contributed by atoms with Gasteiger partial charge in [0.25, 0.3) is 0 Å². The minimum absolute atomic E-state index is 0.117. The lowest BCUT2D eigenvalue weighted by molar-refractivity contribution is 0.411. The van der Waals surface area contributed by atoms with Gasteiger partial charge in [0.05, 0.1) is 14.2 Å². The molecule has 0 radical (unpaired) electrons. The van der Waals surface area contributed by atoms with Gasteiger partial charge in [0.15, 0.2) is 0 Å². The predicted octanol–water partition coefficient (Wildman–Crippen LogP) is 5.18. The number of methoxy groups -OCH3 is 2. The number of rotatable bonds is 6. The van der Waals surface area contributed by atoms with E-state index in [4.69, 9.17) is 9.47 Å². The molecule has 0 amide bonds. The van der Waals surface area contributed by atoms with Gasteiger partial charge in [0.2, 0.25) is 0 Å². The summed E-state index contributed by atoms with van der Waals surface area (Å²) >= 11 is 0. The van der Waals surface area contributed by atoms with E-state index in [1.807, 2.05) is 24.3 Å². The Morgan fingerprint density at radius 2 is 1.27 bits per heavy atom. The molecule has 2 aromatic rings. The lowest BCUT2D eigenvalue weighted by Gasteiger charge is -2.29. The van der Waals surface area contributed by atoms with Crippen molar-refractivity contribution in [3.05, 3.63) is 59.7 Å². The van der Waals surface area contributed by atoms with Crippen LogP contribution in [0.5, 0.6) is 11.5 Å². The summed E-state index contributed by atoms with van der Waals surface area (Å²) in [4.78, 5) is 0. The molecule has 0 bridgehead atoms. The van der Waals surface area contributed by atoms with Crippen LogP contribution in [0.25, 0.3) is 0 Å². The van der Waals surface area contributed by atoms with Gasteiger partial charge >= 0.3 is 0 Å². The highest BCUT2D eigenvalue weighted by molar-refractivity contribution is 5.33. The smallest absolute Gasteiger partial charge is 0.118 e. The highest BCUT2D eigenvalue weighted by Gasteiger charge is 2.24. The SMILES string of the molecule is COc1ccc(C(C)CC(C)(C)c2ccc(OC)cc2)cc1. The Balaban J connectivity index is 2.11. The number of hydrogen-bond acceptors (Lipinski definition) is 2. The van der Waals surface area contributed by atoms with E-state index in [1.165, 1.54) is 11.1 Å². The van der Waals surface area contributed by atoms with Crippen molar-refractivity contribution in [3.63, 3.8) is 0 Å². The summed E-state index contributed by atoms with van der Waals surface area (Å²) in [6, 6.07) is 16.8. The van der Waals surface area contributed by atoms with Crippen LogP contribution in [0.3, 0.4) is 0 Å². The van der Waals surface area contributed by atoms with Crippen molar-refractivity contribution in [1.29, 1.82) is 0 Å². The van der Waals surface area contributed by atoms with Crippen LogP contribution in [0.2, 0.25) is 0 Å². The molecular weight excluding hydrogens is 272 g/mol. The standard InChI is InChI=1S/C20H26O2/c1-15(16-6-10-18(21-4)11-7-16)14-20(2,3)17-8-12-19(22-5)13-9-17/h6-13,15H,14H2,1-5H3. The van der Waals surface area contributed by atoms with Crippen LogP contribution in [0, 0.1) is 0 Å². The van der Waals surface area contributed by atoms with Crippen LogP contribution in [0.15, 0.2) is 48.5 Å². The van der Waals surface area contributed by atoms with Gasteiger partial charge < -0.3 is 9.47 Å². The van der Waals surface area contributed by atoms with Gasteiger partial charge in [-0.2, -0.15) is 0 Å². The number of ether oxygens (including phenoxy) is 2. The predicted molar refractivity (Wildman–Crippen MR) is 92.0 cm³/mol. The molecule has 22 heavy (non-hydrogen) atoms. The molecule has 0 heterocycles. The molecule has 0 spiro atoms. The van der Waals surface area contributed by atoms with E-state index in [0.717, 1.165) is 17.9 Å². The Hall–Kier alpha value is -1.96. The molecule has 2 rings (SSSR count). The molecule has 2 nitrogen and oxygen atoms in total. The number of hydrogen-bond donors (Lipinski definition) is 0. The molecule has 0 fully saturated rings. The van der Waals surface area contributed by atoms with Crippen molar-refractivity contribution in [2.45, 2.75) is 38.5 Å². The molecule has 0 aliphatic carbocycles. The van der Waals surface area contributed by atoms with Gasteiger partial charge in [-0.1, -0.05) is 45.0 Å². The maximum atomic E-state index is 5.24. The van der Waals surface area contributed by atoms with Crippen molar-refractivity contribution in [3.8, 4) is 11.5 Å². The van der Waals surface area contributed by atoms with E-state index in [0.29, 0.717) is 5.92 Å². The lowest BCUT2D eigenvalue weighted by Crippen LogP contribution is -2.20. The second-order valence-electron chi connectivity index (χ2n) is 6.49. The summed E-state index contributed by atoms with van der Waals surface area (Å²) < 4.78 is 10.5. The van der Waals surface area contributed by atoms with Crippen LogP contribution < -0.4 is 9.47 Å². The van der Waals surface area contributed by atoms with E-state index >= 15 is 0 Å². The second kappa shape index (κ2) is 6.87.